The molecule has 0 heterocycles. The molecule has 2 unspecified atom stereocenters. The zero-order valence-corrected chi connectivity index (χ0v) is 13.6. The molecule has 1 fully saturated rings. The third-order valence-electron chi connectivity index (χ3n) is 4.01. The molecule has 21 heavy (non-hydrogen) atoms. The Kier molecular flexibility index (Phi) is 5.33. The van der Waals surface area contributed by atoms with Crippen molar-refractivity contribution < 1.29 is 9.72 Å². The van der Waals surface area contributed by atoms with Crippen LogP contribution in [0.3, 0.4) is 0 Å². The van der Waals surface area contributed by atoms with Gasteiger partial charge in [0, 0.05) is 12.1 Å². The van der Waals surface area contributed by atoms with Gasteiger partial charge in [-0.15, -0.1) is 0 Å². The van der Waals surface area contributed by atoms with Crippen LogP contribution in [0, 0.1) is 16.0 Å². The molecule has 2 atom stereocenters. The lowest BCUT2D eigenvalue weighted by Crippen LogP contribution is -2.34. The van der Waals surface area contributed by atoms with Crippen molar-refractivity contribution in [1.29, 1.82) is 0 Å². The van der Waals surface area contributed by atoms with Gasteiger partial charge in [0.25, 0.3) is 11.6 Å². The third kappa shape index (κ3) is 4.03. The molecule has 114 valence electrons. The first-order valence-corrected chi connectivity index (χ1v) is 8.02. The van der Waals surface area contributed by atoms with Crippen LogP contribution in [-0.4, -0.2) is 16.9 Å². The molecule has 0 saturated heterocycles. The maximum Gasteiger partial charge on any atom is 0.284 e. The molecule has 2 rings (SSSR count). The molecule has 0 aromatic heterocycles. The van der Waals surface area contributed by atoms with Gasteiger partial charge in [0.2, 0.25) is 0 Å². The van der Waals surface area contributed by atoms with E-state index in [1.807, 2.05) is 0 Å². The van der Waals surface area contributed by atoms with Crippen molar-refractivity contribution in [2.75, 3.05) is 0 Å². The van der Waals surface area contributed by atoms with E-state index in [4.69, 9.17) is 0 Å². The highest BCUT2D eigenvalue weighted by Crippen LogP contribution is 2.29. The van der Waals surface area contributed by atoms with Crippen LogP contribution in [0.15, 0.2) is 22.7 Å². The Morgan fingerprint density at radius 2 is 2.10 bits per heavy atom. The highest BCUT2D eigenvalue weighted by atomic mass is 79.9. The summed E-state index contributed by atoms with van der Waals surface area (Å²) in [7, 11) is 0. The highest BCUT2D eigenvalue weighted by Gasteiger charge is 2.22. The number of rotatable bonds is 3. The van der Waals surface area contributed by atoms with Crippen LogP contribution in [-0.2, 0) is 0 Å². The van der Waals surface area contributed by atoms with Gasteiger partial charge in [-0.1, -0.05) is 25.8 Å². The Balaban J connectivity index is 2.10. The quantitative estimate of drug-likeness (QED) is 0.505. The minimum absolute atomic E-state index is 0.0860. The van der Waals surface area contributed by atoms with Gasteiger partial charge in [0.1, 0.15) is 4.47 Å². The summed E-state index contributed by atoms with van der Waals surface area (Å²) in [6.07, 6.45) is 5.37. The van der Waals surface area contributed by atoms with E-state index in [0.717, 1.165) is 25.7 Å². The van der Waals surface area contributed by atoms with Crippen LogP contribution in [0.1, 0.15) is 49.4 Å². The standard InChI is InChI=1S/C15H19BrN2O3/c1-10-4-2-5-11(9-8-10)17-15(19)12-6-3-7-13(14(12)16)18(20)21/h3,6-7,10-11H,2,4-5,8-9H2,1H3,(H,17,19). The summed E-state index contributed by atoms with van der Waals surface area (Å²) in [4.78, 5) is 22.8. The number of nitro benzene ring substituents is 1. The summed E-state index contributed by atoms with van der Waals surface area (Å²) in [5, 5.41) is 13.9. The molecule has 1 N–H and O–H groups in total. The van der Waals surface area contributed by atoms with E-state index < -0.39 is 4.92 Å². The summed E-state index contributed by atoms with van der Waals surface area (Å²) in [6, 6.07) is 4.68. The summed E-state index contributed by atoms with van der Waals surface area (Å²) in [6.45, 7) is 2.24. The van der Waals surface area contributed by atoms with Crippen molar-refractivity contribution >= 4 is 27.5 Å². The average molecular weight is 355 g/mol. The fourth-order valence-electron chi connectivity index (χ4n) is 2.73. The van der Waals surface area contributed by atoms with Gasteiger partial charge < -0.3 is 5.32 Å². The van der Waals surface area contributed by atoms with Gasteiger partial charge in [0.05, 0.1) is 10.5 Å². The molecule has 0 radical (unpaired) electrons. The normalized spacial score (nSPS) is 22.4. The Bertz CT molecular complexity index is 548. The molecule has 5 nitrogen and oxygen atoms in total. The number of nitrogens with one attached hydrogen (secondary N) is 1. The Morgan fingerprint density at radius 1 is 1.33 bits per heavy atom. The lowest BCUT2D eigenvalue weighted by atomic mass is 10.0. The van der Waals surface area contributed by atoms with Gasteiger partial charge >= 0.3 is 0 Å². The second-order valence-electron chi connectivity index (χ2n) is 5.68. The summed E-state index contributed by atoms with van der Waals surface area (Å²) >= 11 is 3.17. The van der Waals surface area contributed by atoms with E-state index in [9.17, 15) is 14.9 Å². The first-order valence-electron chi connectivity index (χ1n) is 7.22. The number of carbonyl (C=O) groups excluding carboxylic acids is 1. The first-order chi connectivity index (χ1) is 9.99. The topological polar surface area (TPSA) is 72.2 Å². The van der Waals surface area contributed by atoms with E-state index in [-0.39, 0.29) is 22.1 Å². The largest absolute Gasteiger partial charge is 0.349 e. The minimum Gasteiger partial charge on any atom is -0.349 e. The monoisotopic (exact) mass is 354 g/mol. The smallest absolute Gasteiger partial charge is 0.284 e. The highest BCUT2D eigenvalue weighted by molar-refractivity contribution is 9.10. The van der Waals surface area contributed by atoms with Gasteiger partial charge in [-0.05, 0) is 47.2 Å². The van der Waals surface area contributed by atoms with E-state index >= 15 is 0 Å². The summed E-state index contributed by atoms with van der Waals surface area (Å²) < 4.78 is 0.245. The zero-order chi connectivity index (χ0) is 15.4. The number of benzene rings is 1. The number of hydrogen-bond donors (Lipinski definition) is 1. The van der Waals surface area contributed by atoms with Crippen LogP contribution < -0.4 is 5.32 Å². The second kappa shape index (κ2) is 7.02. The SMILES string of the molecule is CC1CCCC(NC(=O)c2cccc([N+](=O)[O-])c2Br)CC1. The molecular weight excluding hydrogens is 336 g/mol. The summed E-state index contributed by atoms with van der Waals surface area (Å²) in [5.74, 6) is 0.460. The number of nitro groups is 1. The van der Waals surface area contributed by atoms with Crippen molar-refractivity contribution in [3.8, 4) is 0 Å². The maximum absolute atomic E-state index is 12.3. The Hall–Kier alpha value is -1.43. The van der Waals surface area contributed by atoms with Gasteiger partial charge in [0.15, 0.2) is 0 Å². The molecule has 0 aliphatic heterocycles. The minimum atomic E-state index is -0.492. The van der Waals surface area contributed by atoms with Gasteiger partial charge in [-0.3, -0.25) is 14.9 Å². The molecule has 1 amide bonds. The second-order valence-corrected chi connectivity index (χ2v) is 6.47. The van der Waals surface area contributed by atoms with E-state index in [0.29, 0.717) is 11.5 Å². The Labute approximate surface area is 132 Å². The van der Waals surface area contributed by atoms with Crippen LogP contribution in [0.5, 0.6) is 0 Å². The molecular formula is C15H19BrN2O3. The van der Waals surface area contributed by atoms with Crippen LogP contribution >= 0.6 is 15.9 Å². The molecule has 1 aliphatic carbocycles. The lowest BCUT2D eigenvalue weighted by molar-refractivity contribution is -0.385. The number of hydrogen-bond acceptors (Lipinski definition) is 3. The van der Waals surface area contributed by atoms with Gasteiger partial charge in [-0.25, -0.2) is 0 Å². The van der Waals surface area contributed by atoms with Crippen molar-refractivity contribution in [2.45, 2.75) is 45.1 Å². The van der Waals surface area contributed by atoms with E-state index in [1.165, 1.54) is 18.6 Å². The van der Waals surface area contributed by atoms with Gasteiger partial charge in [-0.2, -0.15) is 0 Å². The van der Waals surface area contributed by atoms with Crippen molar-refractivity contribution in [3.63, 3.8) is 0 Å². The van der Waals surface area contributed by atoms with E-state index in [1.54, 1.807) is 6.07 Å². The Morgan fingerprint density at radius 3 is 2.81 bits per heavy atom. The van der Waals surface area contributed by atoms with Crippen LogP contribution in [0.25, 0.3) is 0 Å². The molecule has 1 saturated carbocycles. The van der Waals surface area contributed by atoms with Crippen molar-refractivity contribution in [2.24, 2.45) is 5.92 Å². The lowest BCUT2D eigenvalue weighted by Gasteiger charge is -2.17. The molecule has 0 spiro atoms. The number of halogens is 1. The zero-order valence-electron chi connectivity index (χ0n) is 12.0. The van der Waals surface area contributed by atoms with Crippen molar-refractivity contribution in [3.05, 3.63) is 38.3 Å². The first kappa shape index (κ1) is 15.9. The molecule has 1 aromatic rings. The average Bonchev–Trinajstić information content (AvgIpc) is 2.63. The van der Waals surface area contributed by atoms with Crippen LogP contribution in [0.2, 0.25) is 0 Å². The molecule has 0 bridgehead atoms. The predicted octanol–water partition coefficient (Wildman–Crippen LogP) is 4.06. The predicted molar refractivity (Wildman–Crippen MR) is 84.3 cm³/mol. The summed E-state index contributed by atoms with van der Waals surface area (Å²) in [5.41, 5.74) is 0.235. The number of nitrogens with zero attached hydrogens (tertiary/aromatic N) is 1. The fourth-order valence-corrected chi connectivity index (χ4v) is 3.32. The molecule has 1 aromatic carbocycles. The maximum atomic E-state index is 12.3. The number of amides is 1. The third-order valence-corrected chi connectivity index (χ3v) is 4.85. The van der Waals surface area contributed by atoms with E-state index in [2.05, 4.69) is 28.2 Å². The van der Waals surface area contributed by atoms with Crippen LogP contribution in [0.4, 0.5) is 5.69 Å². The molecule has 6 heteroatoms. The van der Waals surface area contributed by atoms with Crippen molar-refractivity contribution in [1.82, 2.24) is 5.32 Å². The fraction of sp³-hybridized carbons (Fsp3) is 0.533. The molecule has 1 aliphatic rings. The number of carbonyl (C=O) groups is 1.